The molecule has 0 spiro atoms. The lowest BCUT2D eigenvalue weighted by Crippen LogP contribution is -2.47. The van der Waals surface area contributed by atoms with Crippen LogP contribution >= 0.6 is 0 Å². The van der Waals surface area contributed by atoms with Gasteiger partial charge < -0.3 is 19.7 Å². The maximum Gasteiger partial charge on any atom is 0.193 e. The summed E-state index contributed by atoms with van der Waals surface area (Å²) >= 11 is 0. The van der Waals surface area contributed by atoms with Crippen molar-refractivity contribution >= 4 is 5.96 Å². The fraction of sp³-hybridized carbons (Fsp3) is 0.480. The number of rotatable bonds is 6. The number of likely N-dealkylation sites (tertiary alicyclic amines) is 1. The van der Waals surface area contributed by atoms with E-state index in [1.807, 2.05) is 37.4 Å². The van der Waals surface area contributed by atoms with Crippen LogP contribution in [0.5, 0.6) is 5.75 Å². The Bertz CT molecular complexity index is 828. The van der Waals surface area contributed by atoms with E-state index >= 15 is 0 Å². The fourth-order valence-electron chi connectivity index (χ4n) is 4.27. The predicted molar refractivity (Wildman–Crippen MR) is 124 cm³/mol. The maximum absolute atomic E-state index is 6.13. The maximum atomic E-state index is 6.13. The van der Waals surface area contributed by atoms with E-state index in [2.05, 4.69) is 44.4 Å². The van der Waals surface area contributed by atoms with Crippen LogP contribution in [-0.2, 0) is 17.8 Å². The molecule has 4 rings (SSSR count). The van der Waals surface area contributed by atoms with Gasteiger partial charge in [-0.15, -0.1) is 0 Å². The van der Waals surface area contributed by atoms with Crippen LogP contribution in [0.3, 0.4) is 0 Å². The van der Waals surface area contributed by atoms with E-state index < -0.39 is 0 Å². The molecule has 2 saturated heterocycles. The van der Waals surface area contributed by atoms with Gasteiger partial charge in [-0.2, -0.15) is 0 Å². The quantitative estimate of drug-likeness (QED) is 0.573. The average Bonchev–Trinajstić information content (AvgIpc) is 2.83. The Morgan fingerprint density at radius 3 is 2.35 bits per heavy atom. The van der Waals surface area contributed by atoms with Crippen LogP contribution in [0.25, 0.3) is 0 Å². The highest BCUT2D eigenvalue weighted by Gasteiger charge is 2.23. The highest BCUT2D eigenvalue weighted by Crippen LogP contribution is 2.19. The molecule has 0 amide bonds. The van der Waals surface area contributed by atoms with Crippen molar-refractivity contribution < 1.29 is 9.47 Å². The van der Waals surface area contributed by atoms with Crippen LogP contribution in [0.15, 0.2) is 59.6 Å². The number of hydrogen-bond donors (Lipinski definition) is 1. The Morgan fingerprint density at radius 1 is 0.968 bits per heavy atom. The molecule has 0 radical (unpaired) electrons. The molecule has 0 aliphatic carbocycles. The molecule has 31 heavy (non-hydrogen) atoms. The van der Waals surface area contributed by atoms with Crippen LogP contribution < -0.4 is 10.1 Å². The highest BCUT2D eigenvalue weighted by molar-refractivity contribution is 5.80. The van der Waals surface area contributed by atoms with Crippen molar-refractivity contribution in [3.8, 4) is 5.75 Å². The van der Waals surface area contributed by atoms with E-state index in [1.165, 1.54) is 11.1 Å². The minimum atomic E-state index is 0.269. The van der Waals surface area contributed by atoms with Crippen LogP contribution in [0.4, 0.5) is 0 Å². The molecule has 0 bridgehead atoms. The summed E-state index contributed by atoms with van der Waals surface area (Å²) in [6.07, 6.45) is 2.28. The van der Waals surface area contributed by atoms with Gasteiger partial charge in [-0.25, -0.2) is 0 Å². The summed E-state index contributed by atoms with van der Waals surface area (Å²) in [5.74, 6) is 1.93. The number of para-hydroxylation sites is 1. The molecule has 2 aromatic carbocycles. The highest BCUT2D eigenvalue weighted by atomic mass is 16.5. The first-order valence-corrected chi connectivity index (χ1v) is 11.4. The molecule has 0 unspecified atom stereocenters. The number of guanidine groups is 1. The number of nitrogens with one attached hydrogen (secondary N) is 1. The molecule has 6 nitrogen and oxygen atoms in total. The van der Waals surface area contributed by atoms with Gasteiger partial charge in [0.15, 0.2) is 5.96 Å². The van der Waals surface area contributed by atoms with Crippen LogP contribution in [-0.4, -0.2) is 68.3 Å². The molecule has 0 atom stereocenters. The molecule has 1 N–H and O–H groups in total. The number of piperidine rings is 1. The normalized spacial score (nSPS) is 18.7. The van der Waals surface area contributed by atoms with Crippen molar-refractivity contribution in [3.05, 3.63) is 65.7 Å². The van der Waals surface area contributed by atoms with E-state index in [9.17, 15) is 0 Å². The Labute approximate surface area is 185 Å². The first kappa shape index (κ1) is 21.7. The minimum absolute atomic E-state index is 0.269. The summed E-state index contributed by atoms with van der Waals surface area (Å²) in [6.45, 7) is 7.33. The lowest BCUT2D eigenvalue weighted by Gasteiger charge is -2.34. The van der Waals surface area contributed by atoms with Crippen molar-refractivity contribution in [3.63, 3.8) is 0 Å². The van der Waals surface area contributed by atoms with Crippen LogP contribution in [0.1, 0.15) is 24.0 Å². The topological polar surface area (TPSA) is 49.3 Å². The van der Waals surface area contributed by atoms with E-state index in [4.69, 9.17) is 9.47 Å². The van der Waals surface area contributed by atoms with Gasteiger partial charge in [-0.3, -0.25) is 9.89 Å². The van der Waals surface area contributed by atoms with Gasteiger partial charge in [0.1, 0.15) is 11.9 Å². The molecule has 2 fully saturated rings. The van der Waals surface area contributed by atoms with Crippen molar-refractivity contribution in [1.29, 1.82) is 0 Å². The zero-order chi connectivity index (χ0) is 21.3. The Balaban J connectivity index is 1.28. The average molecular weight is 423 g/mol. The van der Waals surface area contributed by atoms with Gasteiger partial charge in [-0.05, 0) is 23.3 Å². The predicted octanol–water partition coefficient (Wildman–Crippen LogP) is 3.14. The number of nitrogens with zero attached hydrogens (tertiary/aromatic N) is 3. The van der Waals surface area contributed by atoms with Crippen molar-refractivity contribution in [1.82, 2.24) is 15.1 Å². The smallest absolute Gasteiger partial charge is 0.193 e. The summed E-state index contributed by atoms with van der Waals surface area (Å²) in [5.41, 5.74) is 2.71. The van der Waals surface area contributed by atoms with E-state index in [1.54, 1.807) is 0 Å². The van der Waals surface area contributed by atoms with Gasteiger partial charge in [0, 0.05) is 59.2 Å². The summed E-state index contributed by atoms with van der Waals surface area (Å²) in [6, 6.07) is 18.8. The summed E-state index contributed by atoms with van der Waals surface area (Å²) in [4.78, 5) is 9.35. The second-order valence-corrected chi connectivity index (χ2v) is 8.18. The third-order valence-corrected chi connectivity index (χ3v) is 6.05. The molecule has 0 saturated carbocycles. The Morgan fingerprint density at radius 2 is 1.65 bits per heavy atom. The molecule has 166 valence electrons. The van der Waals surface area contributed by atoms with Gasteiger partial charge in [0.2, 0.25) is 0 Å². The van der Waals surface area contributed by atoms with Gasteiger partial charge in [0.05, 0.1) is 13.2 Å². The lowest BCUT2D eigenvalue weighted by atomic mass is 10.1. The summed E-state index contributed by atoms with van der Waals surface area (Å²) in [5, 5.41) is 3.59. The van der Waals surface area contributed by atoms with Gasteiger partial charge in [0.25, 0.3) is 0 Å². The second kappa shape index (κ2) is 11.2. The number of hydrogen-bond acceptors (Lipinski definition) is 4. The summed E-state index contributed by atoms with van der Waals surface area (Å²) in [7, 11) is 1.87. The SMILES string of the molecule is CN=C(NCc1ccccc1CN1CCOCC1)N1CCC(Oc2ccccc2)CC1. The minimum Gasteiger partial charge on any atom is -0.490 e. The zero-order valence-corrected chi connectivity index (χ0v) is 18.5. The molecule has 2 heterocycles. The van der Waals surface area contributed by atoms with Crippen molar-refractivity contribution in [2.75, 3.05) is 46.4 Å². The van der Waals surface area contributed by atoms with Crippen molar-refractivity contribution in [2.24, 2.45) is 4.99 Å². The Kier molecular flexibility index (Phi) is 7.80. The van der Waals surface area contributed by atoms with Crippen LogP contribution in [0, 0.1) is 0 Å². The molecule has 2 aromatic rings. The zero-order valence-electron chi connectivity index (χ0n) is 18.5. The number of morpholine rings is 1. The molecular formula is C25H34N4O2. The fourth-order valence-corrected chi connectivity index (χ4v) is 4.27. The van der Waals surface area contributed by atoms with Crippen LogP contribution in [0.2, 0.25) is 0 Å². The van der Waals surface area contributed by atoms with E-state index in [-0.39, 0.29) is 6.10 Å². The van der Waals surface area contributed by atoms with E-state index in [0.717, 1.165) is 77.0 Å². The van der Waals surface area contributed by atoms with Gasteiger partial charge in [-0.1, -0.05) is 42.5 Å². The van der Waals surface area contributed by atoms with Crippen molar-refractivity contribution in [2.45, 2.75) is 32.0 Å². The summed E-state index contributed by atoms with van der Waals surface area (Å²) < 4.78 is 11.6. The first-order valence-electron chi connectivity index (χ1n) is 11.4. The third-order valence-electron chi connectivity index (χ3n) is 6.05. The number of benzene rings is 2. The molecular weight excluding hydrogens is 388 g/mol. The van der Waals surface area contributed by atoms with E-state index in [0.29, 0.717) is 0 Å². The standard InChI is InChI=1S/C25H34N4O2/c1-26-25(29-13-11-24(12-14-29)31-23-9-3-2-4-10-23)27-19-21-7-5-6-8-22(21)20-28-15-17-30-18-16-28/h2-10,24H,11-20H2,1H3,(H,26,27). The molecule has 0 aromatic heterocycles. The number of aliphatic imine (C=N–C) groups is 1. The molecule has 2 aliphatic rings. The monoisotopic (exact) mass is 422 g/mol. The van der Waals surface area contributed by atoms with Gasteiger partial charge >= 0.3 is 0 Å². The number of ether oxygens (including phenoxy) is 2. The molecule has 6 heteroatoms. The second-order valence-electron chi connectivity index (χ2n) is 8.18. The Hall–Kier alpha value is -2.57. The lowest BCUT2D eigenvalue weighted by molar-refractivity contribution is 0.0341. The molecule has 2 aliphatic heterocycles. The third kappa shape index (κ3) is 6.21. The largest absolute Gasteiger partial charge is 0.490 e. The first-order chi connectivity index (χ1) is 15.3.